The van der Waals surface area contributed by atoms with E-state index in [4.69, 9.17) is 18.0 Å². The largest absolute Gasteiger partial charge is 0.515 e. The molecule has 0 aromatic carbocycles. The van der Waals surface area contributed by atoms with Gasteiger partial charge in [-0.25, -0.2) is 0 Å². The monoisotopic (exact) mass is 347 g/mol. The van der Waals surface area contributed by atoms with E-state index in [1.165, 1.54) is 0 Å². The van der Waals surface area contributed by atoms with Crippen molar-refractivity contribution in [1.82, 2.24) is 4.90 Å². The highest BCUT2D eigenvalue weighted by Gasteiger charge is 2.43. The molecule has 1 heterocycles. The number of rotatable bonds is 14. The SMILES string of the molecule is CCCCO[Si](CN1CCOCC1)(OCCCC)OCCCC. The first kappa shape index (κ1) is 21.1. The molecular weight excluding hydrogens is 310 g/mol. The summed E-state index contributed by atoms with van der Waals surface area (Å²) < 4.78 is 24.3. The van der Waals surface area contributed by atoms with Gasteiger partial charge in [0.05, 0.1) is 19.4 Å². The van der Waals surface area contributed by atoms with Crippen molar-refractivity contribution in [3.63, 3.8) is 0 Å². The van der Waals surface area contributed by atoms with E-state index in [0.717, 1.165) is 90.8 Å². The summed E-state index contributed by atoms with van der Waals surface area (Å²) in [5.74, 6) is 0. The third-order valence-electron chi connectivity index (χ3n) is 3.98. The van der Waals surface area contributed by atoms with E-state index in [-0.39, 0.29) is 0 Å². The van der Waals surface area contributed by atoms with Crippen LogP contribution < -0.4 is 0 Å². The van der Waals surface area contributed by atoms with Crippen LogP contribution in [-0.2, 0) is 18.0 Å². The molecule has 0 aromatic heterocycles. The average Bonchev–Trinajstić information content (AvgIpc) is 2.56. The van der Waals surface area contributed by atoms with Crippen molar-refractivity contribution in [2.75, 3.05) is 52.3 Å². The van der Waals surface area contributed by atoms with Gasteiger partial charge in [0.2, 0.25) is 0 Å². The number of hydrogen-bond acceptors (Lipinski definition) is 5. The molecule has 1 saturated heterocycles. The standard InChI is InChI=1S/C17H37NO4Si/c1-4-7-12-20-23(21-13-8-5-2,22-14-9-6-3)17-18-10-15-19-16-11-18/h4-17H2,1-3H3. The number of hydrogen-bond donors (Lipinski definition) is 0. The highest BCUT2D eigenvalue weighted by Crippen LogP contribution is 2.16. The molecule has 0 amide bonds. The summed E-state index contributed by atoms with van der Waals surface area (Å²) in [6.45, 7) is 12.3. The second-order valence-corrected chi connectivity index (χ2v) is 8.73. The van der Waals surface area contributed by atoms with Crippen LogP contribution in [0.15, 0.2) is 0 Å². The molecule has 0 saturated carbocycles. The Morgan fingerprint density at radius 2 is 1.22 bits per heavy atom. The minimum atomic E-state index is -2.62. The van der Waals surface area contributed by atoms with Crippen LogP contribution in [0.3, 0.4) is 0 Å². The highest BCUT2D eigenvalue weighted by molar-refractivity contribution is 6.60. The normalized spacial score (nSPS) is 16.8. The van der Waals surface area contributed by atoms with Gasteiger partial charge in [-0.15, -0.1) is 0 Å². The molecule has 23 heavy (non-hydrogen) atoms. The minimum Gasteiger partial charge on any atom is -0.379 e. The second-order valence-electron chi connectivity index (χ2n) is 6.18. The fourth-order valence-electron chi connectivity index (χ4n) is 2.41. The lowest BCUT2D eigenvalue weighted by Gasteiger charge is -2.36. The van der Waals surface area contributed by atoms with Crippen LogP contribution >= 0.6 is 0 Å². The number of nitrogens with zero attached hydrogens (tertiary/aromatic N) is 1. The Bertz CT molecular complexity index is 249. The van der Waals surface area contributed by atoms with Crippen LogP contribution in [0, 0.1) is 0 Å². The highest BCUT2D eigenvalue weighted by atomic mass is 28.4. The van der Waals surface area contributed by atoms with Crippen molar-refractivity contribution < 1.29 is 18.0 Å². The smallest absolute Gasteiger partial charge is 0.379 e. The Morgan fingerprint density at radius 1 is 0.783 bits per heavy atom. The van der Waals surface area contributed by atoms with Gasteiger partial charge in [0, 0.05) is 32.9 Å². The van der Waals surface area contributed by atoms with Gasteiger partial charge in [-0.05, 0) is 19.3 Å². The van der Waals surface area contributed by atoms with Gasteiger partial charge < -0.3 is 18.0 Å². The molecule has 0 radical (unpaired) electrons. The fraction of sp³-hybridized carbons (Fsp3) is 1.00. The van der Waals surface area contributed by atoms with Crippen LogP contribution in [0.25, 0.3) is 0 Å². The maximum Gasteiger partial charge on any atom is 0.515 e. The van der Waals surface area contributed by atoms with Gasteiger partial charge in [0.15, 0.2) is 0 Å². The molecule has 0 unspecified atom stereocenters. The van der Waals surface area contributed by atoms with Gasteiger partial charge in [0.1, 0.15) is 0 Å². The third kappa shape index (κ3) is 9.17. The van der Waals surface area contributed by atoms with E-state index in [2.05, 4.69) is 25.7 Å². The van der Waals surface area contributed by atoms with Gasteiger partial charge in [-0.2, -0.15) is 0 Å². The molecule has 0 spiro atoms. The van der Waals surface area contributed by atoms with Crippen molar-refractivity contribution in [3.05, 3.63) is 0 Å². The van der Waals surface area contributed by atoms with Crippen molar-refractivity contribution in [1.29, 1.82) is 0 Å². The molecule has 1 rings (SSSR count). The summed E-state index contributed by atoms with van der Waals surface area (Å²) in [6.07, 6.45) is 7.38. The Balaban J connectivity index is 2.66. The molecule has 6 heteroatoms. The quantitative estimate of drug-likeness (QED) is 0.356. The maximum absolute atomic E-state index is 6.28. The Kier molecular flexibility index (Phi) is 12.2. The zero-order valence-corrected chi connectivity index (χ0v) is 16.5. The molecule has 0 N–H and O–H groups in total. The average molecular weight is 348 g/mol. The van der Waals surface area contributed by atoms with Gasteiger partial charge in [-0.1, -0.05) is 40.0 Å². The first-order valence-corrected chi connectivity index (χ1v) is 11.4. The first-order chi connectivity index (χ1) is 11.3. The Labute approximate surface area is 144 Å². The summed E-state index contributed by atoms with van der Waals surface area (Å²) in [6, 6.07) is 0. The lowest BCUT2D eigenvalue weighted by Crippen LogP contribution is -2.57. The molecule has 1 fully saturated rings. The van der Waals surface area contributed by atoms with Gasteiger partial charge in [-0.3, -0.25) is 4.90 Å². The summed E-state index contributed by atoms with van der Waals surface area (Å²) in [5, 5.41) is 0. The van der Waals surface area contributed by atoms with E-state index in [1.807, 2.05) is 0 Å². The van der Waals surface area contributed by atoms with E-state index in [0.29, 0.717) is 0 Å². The molecule has 0 aliphatic carbocycles. The zero-order valence-electron chi connectivity index (χ0n) is 15.5. The van der Waals surface area contributed by atoms with Crippen LogP contribution in [0.4, 0.5) is 0 Å². The predicted molar refractivity (Wildman–Crippen MR) is 95.6 cm³/mol. The lowest BCUT2D eigenvalue weighted by molar-refractivity contribution is 0.0122. The van der Waals surface area contributed by atoms with Gasteiger partial charge in [0.25, 0.3) is 0 Å². The van der Waals surface area contributed by atoms with Crippen LogP contribution in [0.5, 0.6) is 0 Å². The molecule has 1 aliphatic rings. The van der Waals surface area contributed by atoms with E-state index in [1.54, 1.807) is 0 Å². The maximum atomic E-state index is 6.28. The van der Waals surface area contributed by atoms with E-state index >= 15 is 0 Å². The van der Waals surface area contributed by atoms with Crippen molar-refractivity contribution in [2.24, 2.45) is 0 Å². The molecule has 138 valence electrons. The van der Waals surface area contributed by atoms with Crippen molar-refractivity contribution in [2.45, 2.75) is 59.3 Å². The fourth-order valence-corrected chi connectivity index (χ4v) is 5.16. The van der Waals surface area contributed by atoms with Crippen molar-refractivity contribution >= 4 is 8.80 Å². The number of morpholine rings is 1. The molecule has 1 aliphatic heterocycles. The van der Waals surface area contributed by atoms with Gasteiger partial charge >= 0.3 is 8.80 Å². The molecule has 5 nitrogen and oxygen atoms in total. The van der Waals surface area contributed by atoms with E-state index in [9.17, 15) is 0 Å². The predicted octanol–water partition coefficient (Wildman–Crippen LogP) is 3.25. The Morgan fingerprint density at radius 3 is 1.61 bits per heavy atom. The molecule has 0 bridgehead atoms. The molecule has 0 aromatic rings. The summed E-state index contributed by atoms with van der Waals surface area (Å²) in [4.78, 5) is 2.39. The van der Waals surface area contributed by atoms with Crippen LogP contribution in [0.2, 0.25) is 0 Å². The first-order valence-electron chi connectivity index (χ1n) is 9.48. The number of unbranched alkanes of at least 4 members (excludes halogenated alkanes) is 3. The molecule has 0 atom stereocenters. The summed E-state index contributed by atoms with van der Waals surface area (Å²) in [7, 11) is -2.62. The second kappa shape index (κ2) is 13.3. The summed E-state index contributed by atoms with van der Waals surface area (Å²) >= 11 is 0. The van der Waals surface area contributed by atoms with Crippen molar-refractivity contribution in [3.8, 4) is 0 Å². The Hall–Kier alpha value is 0.0169. The summed E-state index contributed by atoms with van der Waals surface area (Å²) in [5.41, 5.74) is 0. The lowest BCUT2D eigenvalue weighted by atomic mass is 10.4. The zero-order chi connectivity index (χ0) is 16.8. The van der Waals surface area contributed by atoms with Crippen LogP contribution in [0.1, 0.15) is 59.3 Å². The third-order valence-corrected chi connectivity index (χ3v) is 6.75. The minimum absolute atomic E-state index is 0.741. The topological polar surface area (TPSA) is 40.2 Å². The number of ether oxygens (including phenoxy) is 1. The molecular formula is C17H37NO4Si. The van der Waals surface area contributed by atoms with E-state index < -0.39 is 8.80 Å². The van der Waals surface area contributed by atoms with Crippen LogP contribution in [-0.4, -0.2) is 66.0 Å².